The first kappa shape index (κ1) is 23.1. The summed E-state index contributed by atoms with van der Waals surface area (Å²) in [6.45, 7) is 0.353. The van der Waals surface area contributed by atoms with E-state index >= 15 is 0 Å². The zero-order valence-corrected chi connectivity index (χ0v) is 20.0. The fourth-order valence-corrected chi connectivity index (χ4v) is 4.38. The van der Waals surface area contributed by atoms with Crippen molar-refractivity contribution in [3.63, 3.8) is 0 Å². The lowest BCUT2D eigenvalue weighted by Gasteiger charge is -2.13. The van der Waals surface area contributed by atoms with Gasteiger partial charge in [-0.3, -0.25) is 4.79 Å². The number of hydrogen-bond acceptors (Lipinski definition) is 6. The molecule has 0 aliphatic carbocycles. The summed E-state index contributed by atoms with van der Waals surface area (Å²) in [6.07, 6.45) is 0. The number of carboxylic acid groups (broad SMARTS) is 1. The van der Waals surface area contributed by atoms with Crippen LogP contribution in [0.25, 0.3) is 45.1 Å². The van der Waals surface area contributed by atoms with Gasteiger partial charge in [0.25, 0.3) is 11.4 Å². The molecule has 0 fully saturated rings. The number of para-hydroxylation sites is 2. The number of carbonyl (C=O) groups is 1. The van der Waals surface area contributed by atoms with Crippen LogP contribution in [0, 0.1) is 0 Å². The highest BCUT2D eigenvalue weighted by Gasteiger charge is 2.18. The summed E-state index contributed by atoms with van der Waals surface area (Å²) in [4.78, 5) is 34.1. The van der Waals surface area contributed by atoms with Gasteiger partial charge in [-0.2, -0.15) is 4.98 Å². The molecule has 1 N–H and O–H groups in total. The van der Waals surface area contributed by atoms with Crippen LogP contribution in [-0.2, 0) is 6.54 Å². The molecule has 2 heterocycles. The van der Waals surface area contributed by atoms with Crippen LogP contribution >= 0.6 is 0 Å². The van der Waals surface area contributed by atoms with E-state index in [9.17, 15) is 14.7 Å². The molecule has 0 bridgehead atoms. The summed E-state index contributed by atoms with van der Waals surface area (Å²) in [7, 11) is 0. The molecular weight excluding hydrogens is 480 g/mol. The monoisotopic (exact) mass is 500 g/mol. The van der Waals surface area contributed by atoms with Crippen LogP contribution < -0.4 is 5.56 Å². The number of fused-ring (bicyclic) bond motifs is 1. The minimum absolute atomic E-state index is 0.0861. The first-order chi connectivity index (χ1) is 18.6. The number of rotatable bonds is 6. The lowest BCUT2D eigenvalue weighted by molar-refractivity contribution is 0.0697. The van der Waals surface area contributed by atoms with Gasteiger partial charge in [0.1, 0.15) is 5.69 Å². The Kier molecular flexibility index (Phi) is 5.82. The van der Waals surface area contributed by atoms with E-state index in [0.717, 1.165) is 22.2 Å². The molecule has 0 spiro atoms. The molecule has 0 atom stereocenters. The molecule has 0 saturated heterocycles. The topological polar surface area (TPSA) is 111 Å². The van der Waals surface area contributed by atoms with E-state index in [1.165, 1.54) is 6.07 Å². The van der Waals surface area contributed by atoms with Gasteiger partial charge in [0.05, 0.1) is 28.7 Å². The number of aromatic nitrogens is 4. The van der Waals surface area contributed by atoms with Gasteiger partial charge < -0.3 is 14.2 Å². The number of carboxylic acids is 1. The summed E-state index contributed by atoms with van der Waals surface area (Å²) in [5.74, 6) is -0.603. The summed E-state index contributed by atoms with van der Waals surface area (Å²) >= 11 is 0. The molecule has 8 nitrogen and oxygen atoms in total. The van der Waals surface area contributed by atoms with Crippen molar-refractivity contribution in [1.82, 2.24) is 19.7 Å². The Labute approximate surface area is 216 Å². The maximum Gasteiger partial charge on any atom is 0.336 e. The first-order valence-corrected chi connectivity index (χ1v) is 11.9. The fraction of sp³-hybridized carbons (Fsp3) is 0.0333. The Hall–Kier alpha value is -5.37. The van der Waals surface area contributed by atoms with Crippen LogP contribution in [0.4, 0.5) is 0 Å². The molecule has 0 aliphatic heterocycles. The van der Waals surface area contributed by atoms with Crippen molar-refractivity contribution in [2.75, 3.05) is 0 Å². The summed E-state index contributed by atoms with van der Waals surface area (Å²) in [5.41, 5.74) is 4.55. The van der Waals surface area contributed by atoms with Crippen molar-refractivity contribution >= 4 is 17.0 Å². The molecule has 0 saturated carbocycles. The molecule has 6 rings (SSSR count). The zero-order valence-electron chi connectivity index (χ0n) is 20.0. The summed E-state index contributed by atoms with van der Waals surface area (Å²) in [5, 5.41) is 13.5. The van der Waals surface area contributed by atoms with Gasteiger partial charge in [0.2, 0.25) is 5.82 Å². The predicted molar refractivity (Wildman–Crippen MR) is 143 cm³/mol. The Morgan fingerprint density at radius 2 is 1.50 bits per heavy atom. The largest absolute Gasteiger partial charge is 0.478 e. The normalized spacial score (nSPS) is 11.1. The zero-order chi connectivity index (χ0) is 26.1. The Balaban J connectivity index is 1.33. The average molecular weight is 501 g/mol. The van der Waals surface area contributed by atoms with Crippen LogP contribution in [0.2, 0.25) is 0 Å². The first-order valence-electron chi connectivity index (χ1n) is 11.9. The highest BCUT2D eigenvalue weighted by Crippen LogP contribution is 2.26. The summed E-state index contributed by atoms with van der Waals surface area (Å²) < 4.78 is 7.10. The molecule has 8 heteroatoms. The van der Waals surface area contributed by atoms with Gasteiger partial charge in [-0.05, 0) is 29.8 Å². The van der Waals surface area contributed by atoms with Crippen molar-refractivity contribution in [2.24, 2.45) is 0 Å². The third-order valence-corrected chi connectivity index (χ3v) is 6.27. The smallest absolute Gasteiger partial charge is 0.336 e. The SMILES string of the molecule is O=C(O)c1ccccc1-c1nc(-c2ccc(Cn3c(=O)c(-c4ccccc4)nc4ccccc43)cc2)no1. The van der Waals surface area contributed by atoms with Crippen molar-refractivity contribution in [1.29, 1.82) is 0 Å². The van der Waals surface area contributed by atoms with Crippen molar-refractivity contribution in [3.05, 3.63) is 125 Å². The minimum Gasteiger partial charge on any atom is -0.478 e. The molecule has 6 aromatic rings. The lowest BCUT2D eigenvalue weighted by Crippen LogP contribution is -2.24. The van der Waals surface area contributed by atoms with Crippen LogP contribution in [-0.4, -0.2) is 30.8 Å². The molecule has 0 amide bonds. The van der Waals surface area contributed by atoms with E-state index in [-0.39, 0.29) is 17.0 Å². The Morgan fingerprint density at radius 3 is 2.29 bits per heavy atom. The maximum absolute atomic E-state index is 13.5. The molecule has 0 aliphatic rings. The quantitative estimate of drug-likeness (QED) is 0.320. The Bertz CT molecular complexity index is 1840. The molecular formula is C30H20N4O4. The number of benzene rings is 4. The van der Waals surface area contributed by atoms with Crippen molar-refractivity contribution in [3.8, 4) is 34.1 Å². The van der Waals surface area contributed by atoms with E-state index in [0.29, 0.717) is 29.2 Å². The Morgan fingerprint density at radius 1 is 0.789 bits per heavy atom. The second kappa shape index (κ2) is 9.59. The molecule has 4 aromatic carbocycles. The van der Waals surface area contributed by atoms with Gasteiger partial charge in [0.15, 0.2) is 0 Å². The minimum atomic E-state index is -1.07. The number of nitrogens with zero attached hydrogens (tertiary/aromatic N) is 4. The van der Waals surface area contributed by atoms with Crippen LogP contribution in [0.1, 0.15) is 15.9 Å². The lowest BCUT2D eigenvalue weighted by atomic mass is 10.1. The van der Waals surface area contributed by atoms with Gasteiger partial charge >= 0.3 is 5.97 Å². The highest BCUT2D eigenvalue weighted by molar-refractivity contribution is 5.94. The van der Waals surface area contributed by atoms with E-state index in [1.54, 1.807) is 22.8 Å². The highest BCUT2D eigenvalue weighted by atomic mass is 16.5. The van der Waals surface area contributed by atoms with Crippen molar-refractivity contribution in [2.45, 2.75) is 6.54 Å². The molecule has 0 radical (unpaired) electrons. The second-order valence-corrected chi connectivity index (χ2v) is 8.68. The summed E-state index contributed by atoms with van der Waals surface area (Å²) in [6, 6.07) is 31.0. The third kappa shape index (κ3) is 4.24. The van der Waals surface area contributed by atoms with Gasteiger partial charge in [-0.25, -0.2) is 9.78 Å². The molecule has 0 unspecified atom stereocenters. The van der Waals surface area contributed by atoms with E-state index < -0.39 is 5.97 Å². The molecule has 38 heavy (non-hydrogen) atoms. The van der Waals surface area contributed by atoms with Crippen molar-refractivity contribution < 1.29 is 14.4 Å². The second-order valence-electron chi connectivity index (χ2n) is 8.68. The number of hydrogen-bond donors (Lipinski definition) is 1. The van der Waals surface area contributed by atoms with Crippen LogP contribution in [0.15, 0.2) is 112 Å². The van der Waals surface area contributed by atoms with E-state index in [2.05, 4.69) is 15.1 Å². The maximum atomic E-state index is 13.5. The van der Waals surface area contributed by atoms with Gasteiger partial charge in [-0.1, -0.05) is 84.0 Å². The van der Waals surface area contributed by atoms with Crippen LogP contribution in [0.5, 0.6) is 0 Å². The average Bonchev–Trinajstić information content (AvgIpc) is 3.45. The molecule has 184 valence electrons. The predicted octanol–water partition coefficient (Wildman–Crippen LogP) is 5.53. The van der Waals surface area contributed by atoms with Gasteiger partial charge in [0, 0.05) is 11.1 Å². The third-order valence-electron chi connectivity index (χ3n) is 6.27. The fourth-order valence-electron chi connectivity index (χ4n) is 4.38. The van der Waals surface area contributed by atoms with E-state index in [1.807, 2.05) is 78.9 Å². The molecule has 2 aromatic heterocycles. The van der Waals surface area contributed by atoms with Crippen LogP contribution in [0.3, 0.4) is 0 Å². The van der Waals surface area contributed by atoms with Gasteiger partial charge in [-0.15, -0.1) is 0 Å². The van der Waals surface area contributed by atoms with E-state index in [4.69, 9.17) is 4.52 Å². The number of aromatic carboxylic acids is 1. The standard InChI is InChI=1S/C30H20N4O4/c35-29-26(20-8-2-1-3-9-20)31-24-12-6-7-13-25(24)34(29)18-19-14-16-21(17-15-19)27-32-28(38-33-27)22-10-4-5-11-23(22)30(36)37/h1-17H,18H2,(H,36,37).